The lowest BCUT2D eigenvalue weighted by molar-refractivity contribution is 0.194. The molecule has 1 fully saturated rings. The van der Waals surface area contributed by atoms with Crippen molar-refractivity contribution in [1.82, 2.24) is 5.09 Å². The lowest BCUT2D eigenvalue weighted by atomic mass is 9.97. The first-order valence-corrected chi connectivity index (χ1v) is 7.62. The maximum absolute atomic E-state index is 11.8. The molecule has 19 heavy (non-hydrogen) atoms. The van der Waals surface area contributed by atoms with E-state index >= 15 is 0 Å². The summed E-state index contributed by atoms with van der Waals surface area (Å²) < 4.78 is 17.1. The molecule has 3 rings (SSSR count). The van der Waals surface area contributed by atoms with Gasteiger partial charge in [-0.05, 0) is 11.1 Å². The third kappa shape index (κ3) is 2.62. The highest BCUT2D eigenvalue weighted by Crippen LogP contribution is 2.56. The second-order valence-electron chi connectivity index (χ2n) is 4.47. The molecule has 0 saturated carbocycles. The molecule has 1 aliphatic rings. The van der Waals surface area contributed by atoms with Gasteiger partial charge in [-0.3, -0.25) is 4.52 Å². The molecule has 3 unspecified atom stereocenters. The fourth-order valence-corrected chi connectivity index (χ4v) is 3.54. The van der Waals surface area contributed by atoms with Crippen molar-refractivity contribution in [1.29, 1.82) is 0 Å². The molecule has 3 atom stereocenters. The van der Waals surface area contributed by atoms with Gasteiger partial charge in [0.2, 0.25) is 0 Å². The Labute approximate surface area is 111 Å². The zero-order valence-electron chi connectivity index (χ0n) is 10.1. The number of nitrogens with one attached hydrogen (secondary N) is 1. The van der Waals surface area contributed by atoms with Crippen molar-refractivity contribution in [2.75, 3.05) is 0 Å². The van der Waals surface area contributed by atoms with Gasteiger partial charge in [-0.25, -0.2) is 9.65 Å². The van der Waals surface area contributed by atoms with E-state index in [0.717, 1.165) is 11.1 Å². The predicted octanol–water partition coefficient (Wildman–Crippen LogP) is 3.19. The molecule has 98 valence electrons. The maximum Gasteiger partial charge on any atom is 0.404 e. The fraction of sp³-hybridized carbons (Fsp3) is 0.143. The van der Waals surface area contributed by atoms with Crippen molar-refractivity contribution >= 4 is 7.75 Å². The Balaban J connectivity index is 2.00. The van der Waals surface area contributed by atoms with E-state index in [1.165, 1.54) is 0 Å². The number of hydrogen-bond donors (Lipinski definition) is 2. The van der Waals surface area contributed by atoms with Gasteiger partial charge in [0.1, 0.15) is 6.10 Å². The van der Waals surface area contributed by atoms with Gasteiger partial charge in [-0.15, -0.1) is 0 Å². The average molecular weight is 275 g/mol. The fourth-order valence-electron chi connectivity index (χ4n) is 2.29. The first-order chi connectivity index (χ1) is 9.16. The zero-order valence-corrected chi connectivity index (χ0v) is 11.0. The van der Waals surface area contributed by atoms with Crippen molar-refractivity contribution in [3.05, 3.63) is 71.8 Å². The summed E-state index contributed by atoms with van der Waals surface area (Å²) in [5, 5.41) is 2.68. The minimum atomic E-state index is -3.74. The minimum Gasteiger partial charge on any atom is -0.312 e. The molecule has 0 spiro atoms. The van der Waals surface area contributed by atoms with Gasteiger partial charge >= 0.3 is 7.75 Å². The predicted molar refractivity (Wildman–Crippen MR) is 72.4 cm³/mol. The van der Waals surface area contributed by atoms with Crippen molar-refractivity contribution in [2.45, 2.75) is 12.1 Å². The second kappa shape index (κ2) is 4.91. The van der Waals surface area contributed by atoms with E-state index in [4.69, 9.17) is 4.52 Å². The number of rotatable bonds is 2. The number of hydrogen-bond acceptors (Lipinski definition) is 2. The van der Waals surface area contributed by atoms with E-state index < -0.39 is 13.9 Å². The molecular formula is C14H14NO3P. The third-order valence-electron chi connectivity index (χ3n) is 3.15. The smallest absolute Gasteiger partial charge is 0.312 e. The zero-order chi connectivity index (χ0) is 13.3. The highest BCUT2D eigenvalue weighted by molar-refractivity contribution is 7.50. The Kier molecular flexibility index (Phi) is 3.25. The summed E-state index contributed by atoms with van der Waals surface area (Å²) in [6.07, 6.45) is -0.459. The van der Waals surface area contributed by atoms with Crippen LogP contribution in [0.5, 0.6) is 0 Å². The summed E-state index contributed by atoms with van der Waals surface area (Å²) in [7, 11) is -3.74. The molecule has 2 aromatic carbocycles. The van der Waals surface area contributed by atoms with Crippen molar-refractivity contribution in [3.8, 4) is 0 Å². The van der Waals surface area contributed by atoms with Crippen molar-refractivity contribution < 1.29 is 14.0 Å². The van der Waals surface area contributed by atoms with E-state index in [1.807, 2.05) is 60.7 Å². The second-order valence-corrected chi connectivity index (χ2v) is 5.98. The van der Waals surface area contributed by atoms with Gasteiger partial charge in [0, 0.05) is 0 Å². The Bertz CT molecular complexity index is 551. The van der Waals surface area contributed by atoms with Crippen molar-refractivity contribution in [3.63, 3.8) is 0 Å². The minimum absolute atomic E-state index is 0.320. The largest absolute Gasteiger partial charge is 0.404 e. The van der Waals surface area contributed by atoms with Crippen LogP contribution in [0, 0.1) is 0 Å². The Morgan fingerprint density at radius 3 is 2.05 bits per heavy atom. The molecule has 2 aromatic rings. The van der Waals surface area contributed by atoms with Gasteiger partial charge in [-0.1, -0.05) is 60.7 Å². The van der Waals surface area contributed by atoms with E-state index in [0.29, 0.717) is 0 Å². The summed E-state index contributed by atoms with van der Waals surface area (Å²) in [6.45, 7) is 0. The van der Waals surface area contributed by atoms with Gasteiger partial charge in [-0.2, -0.15) is 0 Å². The number of benzene rings is 2. The summed E-state index contributed by atoms with van der Waals surface area (Å²) in [5.74, 6) is 0. The molecule has 0 aliphatic carbocycles. The average Bonchev–Trinajstić information content (AvgIpc) is 2.77. The first-order valence-electron chi connectivity index (χ1n) is 6.05. The topological polar surface area (TPSA) is 58.6 Å². The summed E-state index contributed by atoms with van der Waals surface area (Å²) in [5.41, 5.74) is 1.82. The van der Waals surface area contributed by atoms with E-state index in [2.05, 4.69) is 5.09 Å². The van der Waals surface area contributed by atoms with Crippen LogP contribution in [0.2, 0.25) is 0 Å². The molecular weight excluding hydrogens is 261 g/mol. The van der Waals surface area contributed by atoms with Gasteiger partial charge in [0.25, 0.3) is 0 Å². The highest BCUT2D eigenvalue weighted by atomic mass is 31.2. The third-order valence-corrected chi connectivity index (χ3v) is 4.27. The van der Waals surface area contributed by atoms with Crippen LogP contribution in [0.25, 0.3) is 0 Å². The van der Waals surface area contributed by atoms with Crippen LogP contribution in [0.1, 0.15) is 23.3 Å². The quantitative estimate of drug-likeness (QED) is 0.826. The van der Waals surface area contributed by atoms with Crippen LogP contribution in [0.3, 0.4) is 0 Å². The summed E-state index contributed by atoms with van der Waals surface area (Å²) >= 11 is 0. The van der Waals surface area contributed by atoms with Crippen LogP contribution >= 0.6 is 7.75 Å². The summed E-state index contributed by atoms with van der Waals surface area (Å²) in [6, 6.07) is 18.7. The lowest BCUT2D eigenvalue weighted by Gasteiger charge is -2.17. The van der Waals surface area contributed by atoms with Gasteiger partial charge < -0.3 is 4.89 Å². The normalized spacial score (nSPS) is 30.4. The Morgan fingerprint density at radius 2 is 1.47 bits per heavy atom. The van der Waals surface area contributed by atoms with E-state index in [-0.39, 0.29) is 6.04 Å². The van der Waals surface area contributed by atoms with E-state index in [1.54, 1.807) is 0 Å². The van der Waals surface area contributed by atoms with E-state index in [9.17, 15) is 9.46 Å². The molecule has 4 nitrogen and oxygen atoms in total. The molecule has 5 heteroatoms. The van der Waals surface area contributed by atoms with Crippen LogP contribution in [0.4, 0.5) is 0 Å². The highest BCUT2D eigenvalue weighted by Gasteiger charge is 2.42. The monoisotopic (exact) mass is 275 g/mol. The molecule has 0 amide bonds. The molecule has 0 radical (unpaired) electrons. The van der Waals surface area contributed by atoms with Crippen LogP contribution < -0.4 is 5.09 Å². The Morgan fingerprint density at radius 1 is 0.947 bits per heavy atom. The molecule has 2 N–H and O–H groups in total. The lowest BCUT2D eigenvalue weighted by Crippen LogP contribution is -2.15. The van der Waals surface area contributed by atoms with Crippen molar-refractivity contribution in [2.24, 2.45) is 0 Å². The molecule has 1 aliphatic heterocycles. The maximum atomic E-state index is 11.8. The molecule has 0 aromatic heterocycles. The molecule has 1 saturated heterocycles. The van der Waals surface area contributed by atoms with Gasteiger partial charge in [0.15, 0.2) is 0 Å². The van der Waals surface area contributed by atoms with Crippen LogP contribution in [-0.2, 0) is 9.09 Å². The molecule has 0 bridgehead atoms. The van der Waals surface area contributed by atoms with Gasteiger partial charge in [0.05, 0.1) is 6.04 Å². The van der Waals surface area contributed by atoms with Crippen LogP contribution in [-0.4, -0.2) is 4.89 Å². The van der Waals surface area contributed by atoms with Crippen LogP contribution in [0.15, 0.2) is 60.7 Å². The SMILES string of the molecule is O=P1(O)NC(c2ccccc2)C(c2ccccc2)O1. The summed E-state index contributed by atoms with van der Waals surface area (Å²) in [4.78, 5) is 9.68. The standard InChI is InChI=1S/C14H14NO3P/c16-19(17)15-13(11-7-3-1-4-8-11)14(18-19)12-9-5-2-6-10-12/h1-10,13-14H,(H2,15,16,17). The first kappa shape index (κ1) is 12.6. The molecule has 1 heterocycles. The Hall–Kier alpha value is -1.45.